The number of benzene rings is 2. The van der Waals surface area contributed by atoms with Crippen molar-refractivity contribution in [1.82, 2.24) is 9.62 Å². The summed E-state index contributed by atoms with van der Waals surface area (Å²) in [4.78, 5) is 16.6. The molecule has 1 aliphatic heterocycles. The third kappa shape index (κ3) is 5.88. The number of hydrogen-bond acceptors (Lipinski definition) is 5. The summed E-state index contributed by atoms with van der Waals surface area (Å²) in [6, 6.07) is 17.8. The van der Waals surface area contributed by atoms with Crippen LogP contribution in [0.5, 0.6) is 0 Å². The van der Waals surface area contributed by atoms with Crippen molar-refractivity contribution in [3.8, 4) is 0 Å². The van der Waals surface area contributed by atoms with Crippen LogP contribution in [0.4, 0.5) is 10.1 Å². The average molecular weight is 470 g/mol. The van der Waals surface area contributed by atoms with Gasteiger partial charge in [-0.3, -0.25) is 4.79 Å². The number of sulfonamides is 1. The van der Waals surface area contributed by atoms with Crippen molar-refractivity contribution < 1.29 is 22.0 Å². The van der Waals surface area contributed by atoms with E-state index >= 15 is 0 Å². The zero-order valence-electron chi connectivity index (χ0n) is 17.9. The Morgan fingerprint density at radius 1 is 0.970 bits per heavy atom. The molecule has 1 aromatic heterocycles. The first-order valence-corrected chi connectivity index (χ1v) is 12.0. The number of nitrogens with zero attached hydrogens (tertiary/aromatic N) is 2. The first-order chi connectivity index (χ1) is 15.9. The first kappa shape index (κ1) is 22.8. The molecule has 1 saturated heterocycles. The Labute approximate surface area is 192 Å². The zero-order chi connectivity index (χ0) is 23.3. The topological polar surface area (TPSA) is 82.9 Å². The van der Waals surface area contributed by atoms with Gasteiger partial charge in [-0.2, -0.15) is 0 Å². The summed E-state index contributed by atoms with van der Waals surface area (Å²) < 4.78 is 45.8. The number of piperazine rings is 1. The molecule has 1 fully saturated rings. The van der Waals surface area contributed by atoms with Crippen LogP contribution in [-0.2, 0) is 21.4 Å². The van der Waals surface area contributed by atoms with Gasteiger partial charge in [-0.1, -0.05) is 18.2 Å². The molecule has 0 radical (unpaired) electrons. The van der Waals surface area contributed by atoms with Gasteiger partial charge in [0.05, 0.1) is 11.4 Å². The minimum Gasteiger partial charge on any atom is -0.460 e. The predicted molar refractivity (Wildman–Crippen MR) is 123 cm³/mol. The van der Waals surface area contributed by atoms with Gasteiger partial charge in [-0.05, 0) is 54.6 Å². The molecule has 4 rings (SSSR count). The Kier molecular flexibility index (Phi) is 6.90. The Balaban J connectivity index is 1.27. The molecule has 2 heterocycles. The van der Waals surface area contributed by atoms with Crippen LogP contribution in [0.2, 0.25) is 0 Å². The summed E-state index contributed by atoms with van der Waals surface area (Å²) in [7, 11) is -3.63. The van der Waals surface area contributed by atoms with E-state index < -0.39 is 10.0 Å². The third-order valence-electron chi connectivity index (χ3n) is 5.35. The van der Waals surface area contributed by atoms with E-state index in [1.165, 1.54) is 30.3 Å². The molecule has 0 aliphatic carbocycles. The molecular weight excluding hydrogens is 445 g/mol. The average Bonchev–Trinajstić information content (AvgIpc) is 3.30. The molecule has 7 nitrogen and oxygen atoms in total. The van der Waals surface area contributed by atoms with Crippen molar-refractivity contribution in [3.63, 3.8) is 0 Å². The number of furan rings is 1. The van der Waals surface area contributed by atoms with Crippen LogP contribution in [0.1, 0.15) is 11.5 Å². The highest BCUT2D eigenvalue weighted by Crippen LogP contribution is 2.17. The summed E-state index contributed by atoms with van der Waals surface area (Å²) >= 11 is 0. The number of halogens is 1. The lowest BCUT2D eigenvalue weighted by atomic mass is 10.2. The lowest BCUT2D eigenvalue weighted by Crippen LogP contribution is -2.48. The molecule has 1 N–H and O–H groups in total. The van der Waals surface area contributed by atoms with Gasteiger partial charge >= 0.3 is 0 Å². The van der Waals surface area contributed by atoms with Crippen LogP contribution in [-0.4, -0.2) is 45.4 Å². The largest absolute Gasteiger partial charge is 0.460 e. The Morgan fingerprint density at radius 3 is 2.36 bits per heavy atom. The molecule has 172 valence electrons. The summed E-state index contributed by atoms with van der Waals surface area (Å²) in [5.74, 6) is 0.501. The van der Waals surface area contributed by atoms with Gasteiger partial charge in [0.25, 0.3) is 0 Å². The highest BCUT2D eigenvalue weighted by molar-refractivity contribution is 7.89. The Bertz CT molecular complexity index is 1220. The SMILES string of the molecule is O=C(/C=C/c1ccc(CNS(=O)(=O)c2ccccc2)o1)N1CCN(c2ccc(F)cc2)CC1. The lowest BCUT2D eigenvalue weighted by Gasteiger charge is -2.35. The van der Waals surface area contributed by atoms with Crippen molar-refractivity contribution in [2.75, 3.05) is 31.1 Å². The predicted octanol–water partition coefficient (Wildman–Crippen LogP) is 3.26. The van der Waals surface area contributed by atoms with Crippen molar-refractivity contribution >= 4 is 27.7 Å². The third-order valence-corrected chi connectivity index (χ3v) is 6.76. The standard InChI is InChI=1S/C24H24FN3O4S/c25-19-6-8-20(9-7-19)27-14-16-28(17-15-27)24(29)13-12-21-10-11-22(32-21)18-26-33(30,31)23-4-2-1-3-5-23/h1-13,26H,14-18H2/b13-12+. The van der Waals surface area contributed by atoms with Crippen LogP contribution in [0.25, 0.3) is 6.08 Å². The van der Waals surface area contributed by atoms with Crippen LogP contribution in [0.15, 0.2) is 82.1 Å². The fourth-order valence-corrected chi connectivity index (χ4v) is 4.54. The van der Waals surface area contributed by atoms with Crippen molar-refractivity contribution in [2.24, 2.45) is 0 Å². The van der Waals surface area contributed by atoms with Crippen LogP contribution >= 0.6 is 0 Å². The fraction of sp³-hybridized carbons (Fsp3) is 0.208. The van der Waals surface area contributed by atoms with E-state index in [0.717, 1.165) is 5.69 Å². The highest BCUT2D eigenvalue weighted by Gasteiger charge is 2.20. The van der Waals surface area contributed by atoms with E-state index in [-0.39, 0.29) is 23.2 Å². The van der Waals surface area contributed by atoms with Gasteiger partial charge in [-0.15, -0.1) is 0 Å². The van der Waals surface area contributed by atoms with Crippen LogP contribution in [0.3, 0.4) is 0 Å². The minimum absolute atomic E-state index is 0.00432. The number of nitrogens with one attached hydrogen (secondary N) is 1. The van der Waals surface area contributed by atoms with Crippen LogP contribution in [0, 0.1) is 5.82 Å². The van der Waals surface area contributed by atoms with Gasteiger partial charge < -0.3 is 14.2 Å². The molecule has 0 atom stereocenters. The second kappa shape index (κ2) is 10.0. The van der Waals surface area contributed by atoms with E-state index in [1.807, 2.05) is 0 Å². The fourth-order valence-electron chi connectivity index (χ4n) is 3.52. The smallest absolute Gasteiger partial charge is 0.246 e. The quantitative estimate of drug-likeness (QED) is 0.537. The molecule has 9 heteroatoms. The number of amides is 1. The number of rotatable bonds is 7. The Hall–Kier alpha value is -3.43. The number of carbonyl (C=O) groups is 1. The first-order valence-electron chi connectivity index (χ1n) is 10.5. The number of hydrogen-bond donors (Lipinski definition) is 1. The zero-order valence-corrected chi connectivity index (χ0v) is 18.7. The monoisotopic (exact) mass is 469 g/mol. The van der Waals surface area contributed by atoms with Crippen molar-refractivity contribution in [2.45, 2.75) is 11.4 Å². The number of carbonyl (C=O) groups excluding carboxylic acids is 1. The summed E-state index contributed by atoms with van der Waals surface area (Å²) in [6.07, 6.45) is 3.02. The molecule has 0 unspecified atom stereocenters. The molecule has 0 bridgehead atoms. The molecule has 1 amide bonds. The molecule has 0 saturated carbocycles. The molecule has 3 aromatic rings. The Morgan fingerprint density at radius 2 is 1.67 bits per heavy atom. The van der Waals surface area contributed by atoms with Crippen molar-refractivity contribution in [1.29, 1.82) is 0 Å². The molecule has 0 spiro atoms. The van der Waals surface area contributed by atoms with Gasteiger partial charge in [0, 0.05) is 37.9 Å². The molecule has 33 heavy (non-hydrogen) atoms. The van der Waals surface area contributed by atoms with Gasteiger partial charge in [0.15, 0.2) is 0 Å². The second-order valence-electron chi connectivity index (χ2n) is 7.56. The maximum Gasteiger partial charge on any atom is 0.246 e. The van der Waals surface area contributed by atoms with E-state index in [9.17, 15) is 17.6 Å². The van der Waals surface area contributed by atoms with Gasteiger partial charge in [-0.25, -0.2) is 17.5 Å². The highest BCUT2D eigenvalue weighted by atomic mass is 32.2. The van der Waals surface area contributed by atoms with E-state index in [0.29, 0.717) is 37.7 Å². The van der Waals surface area contributed by atoms with Gasteiger partial charge in [0.1, 0.15) is 17.3 Å². The lowest BCUT2D eigenvalue weighted by molar-refractivity contribution is -0.126. The molecule has 1 aliphatic rings. The molecule has 2 aromatic carbocycles. The summed E-state index contributed by atoms with van der Waals surface area (Å²) in [5.41, 5.74) is 0.935. The summed E-state index contributed by atoms with van der Waals surface area (Å²) in [5, 5.41) is 0. The normalized spacial score (nSPS) is 14.7. The summed E-state index contributed by atoms with van der Waals surface area (Å²) in [6.45, 7) is 2.45. The van der Waals surface area contributed by atoms with E-state index in [1.54, 1.807) is 53.4 Å². The maximum atomic E-state index is 13.1. The number of anilines is 1. The minimum atomic E-state index is -3.63. The van der Waals surface area contributed by atoms with E-state index in [4.69, 9.17) is 4.42 Å². The van der Waals surface area contributed by atoms with Crippen molar-refractivity contribution in [3.05, 3.63) is 90.1 Å². The maximum absolute atomic E-state index is 13.1. The molecular formula is C24H24FN3O4S. The van der Waals surface area contributed by atoms with E-state index in [2.05, 4.69) is 9.62 Å². The second-order valence-corrected chi connectivity index (χ2v) is 9.33. The van der Waals surface area contributed by atoms with Gasteiger partial charge in [0.2, 0.25) is 15.9 Å². The van der Waals surface area contributed by atoms with Crippen LogP contribution < -0.4 is 9.62 Å².